The van der Waals surface area contributed by atoms with Gasteiger partial charge in [-0.1, -0.05) is 0 Å². The van der Waals surface area contributed by atoms with Crippen molar-refractivity contribution in [1.82, 2.24) is 15.3 Å². The molecule has 1 aromatic heterocycles. The zero-order chi connectivity index (χ0) is 10.7. The average molecular weight is 217 g/mol. The quantitative estimate of drug-likeness (QED) is 0.811. The number of rotatable bonds is 3. The molecule has 0 saturated heterocycles. The summed E-state index contributed by atoms with van der Waals surface area (Å²) in [5.41, 5.74) is 1.23. The van der Waals surface area contributed by atoms with Crippen LogP contribution in [0.4, 0.5) is 0 Å². The van der Waals surface area contributed by atoms with E-state index in [1.807, 2.05) is 13.1 Å². The molecule has 4 rings (SSSR count). The Bertz CT molecular complexity index is 395. The number of aryl methyl sites for hydroxylation is 1. The van der Waals surface area contributed by atoms with Crippen molar-refractivity contribution in [1.29, 1.82) is 0 Å². The molecule has 4 unspecified atom stereocenters. The number of aromatic nitrogens is 2. The van der Waals surface area contributed by atoms with Crippen LogP contribution in [0.25, 0.3) is 0 Å². The molecule has 3 aliphatic carbocycles. The van der Waals surface area contributed by atoms with E-state index in [-0.39, 0.29) is 0 Å². The molecule has 3 nitrogen and oxygen atoms in total. The van der Waals surface area contributed by atoms with Gasteiger partial charge in [0.1, 0.15) is 5.82 Å². The molecule has 0 radical (unpaired) electrons. The molecule has 0 aromatic carbocycles. The van der Waals surface area contributed by atoms with Crippen LogP contribution in [0.2, 0.25) is 0 Å². The maximum atomic E-state index is 4.23. The lowest BCUT2D eigenvalue weighted by Crippen LogP contribution is -2.22. The van der Waals surface area contributed by atoms with E-state index < -0.39 is 0 Å². The molecule has 4 atom stereocenters. The fraction of sp³-hybridized carbons (Fsp3) is 0.769. The molecule has 3 heteroatoms. The molecule has 16 heavy (non-hydrogen) atoms. The standard InChI is InChI=1S/C13H19N3/c1-7-14-5-10(16-7)6-15-13-11-8-2-3-9(4-8)12(11)13/h5,8-9,11-13,15H,2-4,6H2,1H3,(H,14,16). The van der Waals surface area contributed by atoms with E-state index in [9.17, 15) is 0 Å². The van der Waals surface area contributed by atoms with E-state index in [1.165, 1.54) is 25.0 Å². The Labute approximate surface area is 96.0 Å². The molecule has 0 amide bonds. The Balaban J connectivity index is 1.37. The molecule has 0 spiro atoms. The Morgan fingerprint density at radius 1 is 1.38 bits per heavy atom. The first kappa shape index (κ1) is 9.23. The fourth-order valence-electron chi connectivity index (χ4n) is 4.39. The van der Waals surface area contributed by atoms with Gasteiger partial charge in [-0.2, -0.15) is 0 Å². The largest absolute Gasteiger partial charge is 0.345 e. The summed E-state index contributed by atoms with van der Waals surface area (Å²) in [4.78, 5) is 7.52. The zero-order valence-corrected chi connectivity index (χ0v) is 9.74. The number of nitrogens with one attached hydrogen (secondary N) is 2. The molecule has 3 fully saturated rings. The van der Waals surface area contributed by atoms with Crippen LogP contribution in [0.3, 0.4) is 0 Å². The van der Waals surface area contributed by atoms with Crippen molar-refractivity contribution in [3.05, 3.63) is 17.7 Å². The van der Waals surface area contributed by atoms with Gasteiger partial charge >= 0.3 is 0 Å². The van der Waals surface area contributed by atoms with Crippen molar-refractivity contribution in [2.24, 2.45) is 23.7 Å². The summed E-state index contributed by atoms with van der Waals surface area (Å²) in [5.74, 6) is 5.21. The maximum absolute atomic E-state index is 4.23. The van der Waals surface area contributed by atoms with E-state index in [0.717, 1.165) is 42.1 Å². The van der Waals surface area contributed by atoms with Crippen LogP contribution >= 0.6 is 0 Å². The third kappa shape index (κ3) is 1.21. The van der Waals surface area contributed by atoms with Gasteiger partial charge in [-0.25, -0.2) is 4.98 Å². The highest BCUT2D eigenvalue weighted by atomic mass is 15.0. The fourth-order valence-corrected chi connectivity index (χ4v) is 4.39. The molecule has 1 heterocycles. The van der Waals surface area contributed by atoms with Crippen molar-refractivity contribution in [2.45, 2.75) is 38.8 Å². The molecule has 1 aromatic rings. The molecular weight excluding hydrogens is 198 g/mol. The number of aromatic amines is 1. The van der Waals surface area contributed by atoms with Gasteiger partial charge in [-0.3, -0.25) is 0 Å². The smallest absolute Gasteiger partial charge is 0.103 e. The number of hydrogen-bond donors (Lipinski definition) is 2. The highest BCUT2D eigenvalue weighted by molar-refractivity contribution is 5.17. The SMILES string of the molecule is Cc1ncc(CNC2C3C4CCC(C4)C23)[nH]1. The molecule has 0 aliphatic heterocycles. The zero-order valence-electron chi connectivity index (χ0n) is 9.74. The summed E-state index contributed by atoms with van der Waals surface area (Å²) in [6, 6.07) is 0.829. The van der Waals surface area contributed by atoms with Crippen LogP contribution in [0, 0.1) is 30.6 Å². The normalized spacial score (nSPS) is 43.7. The number of fused-ring (bicyclic) bond motifs is 5. The number of hydrogen-bond acceptors (Lipinski definition) is 2. The van der Waals surface area contributed by atoms with Gasteiger partial charge in [0.15, 0.2) is 0 Å². The van der Waals surface area contributed by atoms with Gasteiger partial charge in [0.2, 0.25) is 0 Å². The van der Waals surface area contributed by atoms with Gasteiger partial charge in [-0.15, -0.1) is 0 Å². The van der Waals surface area contributed by atoms with E-state index in [0.29, 0.717) is 0 Å². The highest BCUT2D eigenvalue weighted by Crippen LogP contribution is 2.65. The van der Waals surface area contributed by atoms with Gasteiger partial charge in [-0.05, 0) is 49.9 Å². The predicted molar refractivity (Wildman–Crippen MR) is 61.8 cm³/mol. The van der Waals surface area contributed by atoms with Crippen molar-refractivity contribution >= 4 is 0 Å². The summed E-state index contributed by atoms with van der Waals surface area (Å²) < 4.78 is 0. The molecule has 3 saturated carbocycles. The average Bonchev–Trinajstić information content (AvgIpc) is 2.70. The monoisotopic (exact) mass is 217 g/mol. The summed E-state index contributed by atoms with van der Waals surface area (Å²) in [7, 11) is 0. The molecule has 2 N–H and O–H groups in total. The lowest BCUT2D eigenvalue weighted by atomic mass is 10.0. The van der Waals surface area contributed by atoms with Gasteiger partial charge in [0.25, 0.3) is 0 Å². The molecule has 86 valence electrons. The minimum atomic E-state index is 0.829. The second kappa shape index (κ2) is 3.10. The molecule has 3 aliphatic rings. The minimum absolute atomic E-state index is 0.829. The van der Waals surface area contributed by atoms with Gasteiger partial charge in [0, 0.05) is 24.5 Å². The Morgan fingerprint density at radius 3 is 2.75 bits per heavy atom. The Hall–Kier alpha value is -0.830. The summed E-state index contributed by atoms with van der Waals surface area (Å²) in [6.45, 7) is 2.98. The van der Waals surface area contributed by atoms with E-state index in [4.69, 9.17) is 0 Å². The third-order valence-electron chi connectivity index (χ3n) is 5.02. The summed E-state index contributed by atoms with van der Waals surface area (Å²) in [5, 5.41) is 3.72. The minimum Gasteiger partial charge on any atom is -0.345 e. The molecular formula is C13H19N3. The van der Waals surface area contributed by atoms with Crippen molar-refractivity contribution in [2.75, 3.05) is 0 Å². The van der Waals surface area contributed by atoms with Crippen LogP contribution in [0.1, 0.15) is 30.8 Å². The van der Waals surface area contributed by atoms with Crippen LogP contribution in [-0.4, -0.2) is 16.0 Å². The van der Waals surface area contributed by atoms with Crippen LogP contribution in [0.5, 0.6) is 0 Å². The summed E-state index contributed by atoms with van der Waals surface area (Å²) >= 11 is 0. The van der Waals surface area contributed by atoms with Crippen LogP contribution in [-0.2, 0) is 6.54 Å². The van der Waals surface area contributed by atoms with E-state index in [1.54, 1.807) is 0 Å². The van der Waals surface area contributed by atoms with Gasteiger partial charge in [0.05, 0.1) is 0 Å². The van der Waals surface area contributed by atoms with Crippen LogP contribution < -0.4 is 5.32 Å². The van der Waals surface area contributed by atoms with Crippen molar-refractivity contribution in [3.8, 4) is 0 Å². The highest BCUT2D eigenvalue weighted by Gasteiger charge is 2.64. The third-order valence-corrected chi connectivity index (χ3v) is 5.02. The second-order valence-corrected chi connectivity index (χ2v) is 5.89. The van der Waals surface area contributed by atoms with Crippen LogP contribution in [0.15, 0.2) is 6.20 Å². The lowest BCUT2D eigenvalue weighted by molar-refractivity contribution is 0.456. The topological polar surface area (TPSA) is 40.7 Å². The Kier molecular flexibility index (Phi) is 1.79. The lowest BCUT2D eigenvalue weighted by Gasteiger charge is -2.09. The first-order valence-corrected chi connectivity index (χ1v) is 6.57. The number of imidazole rings is 1. The summed E-state index contributed by atoms with van der Waals surface area (Å²) in [6.07, 6.45) is 6.51. The van der Waals surface area contributed by atoms with E-state index >= 15 is 0 Å². The van der Waals surface area contributed by atoms with Gasteiger partial charge < -0.3 is 10.3 Å². The molecule has 2 bridgehead atoms. The van der Waals surface area contributed by atoms with Crippen molar-refractivity contribution < 1.29 is 0 Å². The first-order chi connectivity index (χ1) is 7.83. The first-order valence-electron chi connectivity index (χ1n) is 6.57. The Morgan fingerprint density at radius 2 is 2.12 bits per heavy atom. The second-order valence-electron chi connectivity index (χ2n) is 5.89. The maximum Gasteiger partial charge on any atom is 0.103 e. The predicted octanol–water partition coefficient (Wildman–Crippen LogP) is 1.85. The number of nitrogens with zero attached hydrogens (tertiary/aromatic N) is 1. The van der Waals surface area contributed by atoms with E-state index in [2.05, 4.69) is 15.3 Å². The van der Waals surface area contributed by atoms with Crippen molar-refractivity contribution in [3.63, 3.8) is 0 Å². The number of H-pyrrole nitrogens is 1.